The van der Waals surface area contributed by atoms with Gasteiger partial charge in [-0.2, -0.15) is 0 Å². The first kappa shape index (κ1) is 10.3. The molecule has 76 valence electrons. The third kappa shape index (κ3) is 2.37. The van der Waals surface area contributed by atoms with Crippen molar-refractivity contribution in [2.45, 2.75) is 12.5 Å². The van der Waals surface area contributed by atoms with Gasteiger partial charge >= 0.3 is 0 Å². The Morgan fingerprint density at radius 3 is 2.57 bits per heavy atom. The predicted molar refractivity (Wildman–Crippen MR) is 44.4 cm³/mol. The van der Waals surface area contributed by atoms with Gasteiger partial charge in [-0.3, -0.25) is 0 Å². The Kier molecular flexibility index (Phi) is 2.93. The van der Waals surface area contributed by atoms with Crippen LogP contribution in [0.5, 0.6) is 11.5 Å². The number of aliphatic hydroxyl groups is 1. The lowest BCUT2D eigenvalue weighted by Gasteiger charge is -2.12. The summed E-state index contributed by atoms with van der Waals surface area (Å²) in [4.78, 5) is 10.2. The zero-order valence-corrected chi connectivity index (χ0v) is 7.17. The van der Waals surface area contributed by atoms with E-state index >= 15 is 0 Å². The number of aliphatic carboxylic acids is 1. The van der Waals surface area contributed by atoms with Crippen molar-refractivity contribution in [3.05, 3.63) is 23.8 Å². The molecule has 1 rings (SSSR count). The van der Waals surface area contributed by atoms with Crippen LogP contribution in [-0.4, -0.2) is 21.3 Å². The van der Waals surface area contributed by atoms with Crippen LogP contribution in [0.15, 0.2) is 18.2 Å². The quantitative estimate of drug-likeness (QED) is 0.593. The first-order valence-electron chi connectivity index (χ1n) is 3.90. The topological polar surface area (TPSA) is 101 Å². The van der Waals surface area contributed by atoms with Gasteiger partial charge in [-0.05, 0) is 12.1 Å². The fourth-order valence-electron chi connectivity index (χ4n) is 1.08. The molecule has 0 saturated heterocycles. The second kappa shape index (κ2) is 3.97. The molecular formula is C9H9O5-. The van der Waals surface area contributed by atoms with E-state index in [2.05, 4.69) is 0 Å². The number of carbonyl (C=O) groups is 1. The summed E-state index contributed by atoms with van der Waals surface area (Å²) in [6.07, 6.45) is -1.93. The molecule has 1 aromatic rings. The SMILES string of the molecule is O=C([O-])CC(O)c1ccc(O)cc1O. The summed E-state index contributed by atoms with van der Waals surface area (Å²) < 4.78 is 0. The monoisotopic (exact) mass is 197 g/mol. The molecule has 0 aliphatic rings. The number of hydrogen-bond donors (Lipinski definition) is 3. The van der Waals surface area contributed by atoms with E-state index in [0.717, 1.165) is 6.07 Å². The van der Waals surface area contributed by atoms with Crippen LogP contribution in [-0.2, 0) is 4.79 Å². The number of hydrogen-bond acceptors (Lipinski definition) is 5. The van der Waals surface area contributed by atoms with Crippen molar-refractivity contribution in [1.29, 1.82) is 0 Å². The van der Waals surface area contributed by atoms with Crippen molar-refractivity contribution in [3.8, 4) is 11.5 Å². The molecule has 0 aromatic heterocycles. The molecule has 0 spiro atoms. The maximum Gasteiger partial charge on any atom is 0.125 e. The highest BCUT2D eigenvalue weighted by Gasteiger charge is 2.12. The average molecular weight is 197 g/mol. The average Bonchev–Trinajstić information content (AvgIpc) is 2.01. The molecule has 0 saturated carbocycles. The molecule has 1 atom stereocenters. The van der Waals surface area contributed by atoms with Gasteiger partial charge in [0.25, 0.3) is 0 Å². The summed E-state index contributed by atoms with van der Waals surface area (Å²) >= 11 is 0. The van der Waals surface area contributed by atoms with Crippen molar-refractivity contribution in [2.24, 2.45) is 0 Å². The normalized spacial score (nSPS) is 12.4. The molecule has 0 fully saturated rings. The molecule has 14 heavy (non-hydrogen) atoms. The van der Waals surface area contributed by atoms with Gasteiger partial charge in [0, 0.05) is 24.0 Å². The molecular weight excluding hydrogens is 188 g/mol. The number of benzene rings is 1. The Labute approximate surface area is 79.9 Å². The van der Waals surface area contributed by atoms with Gasteiger partial charge < -0.3 is 25.2 Å². The molecule has 0 bridgehead atoms. The Morgan fingerprint density at radius 1 is 1.43 bits per heavy atom. The molecule has 0 aliphatic heterocycles. The molecule has 5 heteroatoms. The van der Waals surface area contributed by atoms with Gasteiger partial charge in [0.1, 0.15) is 11.5 Å². The van der Waals surface area contributed by atoms with E-state index < -0.39 is 18.5 Å². The molecule has 0 radical (unpaired) electrons. The van der Waals surface area contributed by atoms with Crippen LogP contribution in [0, 0.1) is 0 Å². The second-order valence-corrected chi connectivity index (χ2v) is 2.84. The largest absolute Gasteiger partial charge is 0.550 e. The minimum Gasteiger partial charge on any atom is -0.550 e. The lowest BCUT2D eigenvalue weighted by molar-refractivity contribution is -0.307. The summed E-state index contributed by atoms with van der Waals surface area (Å²) in [5.74, 6) is -1.92. The van der Waals surface area contributed by atoms with Crippen LogP contribution < -0.4 is 5.11 Å². The lowest BCUT2D eigenvalue weighted by atomic mass is 10.1. The Morgan fingerprint density at radius 2 is 2.07 bits per heavy atom. The third-order valence-corrected chi connectivity index (χ3v) is 1.73. The van der Waals surface area contributed by atoms with Crippen LogP contribution in [0.1, 0.15) is 18.1 Å². The first-order chi connectivity index (χ1) is 6.50. The fourth-order valence-corrected chi connectivity index (χ4v) is 1.08. The van der Waals surface area contributed by atoms with E-state index in [9.17, 15) is 20.1 Å². The summed E-state index contributed by atoms with van der Waals surface area (Å²) in [6.45, 7) is 0. The van der Waals surface area contributed by atoms with Crippen LogP contribution in [0.4, 0.5) is 0 Å². The van der Waals surface area contributed by atoms with Crippen LogP contribution in [0.3, 0.4) is 0 Å². The maximum absolute atomic E-state index is 10.2. The van der Waals surface area contributed by atoms with Crippen molar-refractivity contribution in [3.63, 3.8) is 0 Å². The van der Waals surface area contributed by atoms with E-state index in [-0.39, 0.29) is 17.1 Å². The number of phenols is 2. The number of carboxylic acid groups (broad SMARTS) is 1. The van der Waals surface area contributed by atoms with Gasteiger partial charge in [-0.1, -0.05) is 0 Å². The molecule has 0 amide bonds. The highest BCUT2D eigenvalue weighted by Crippen LogP contribution is 2.29. The standard InChI is InChI=1S/C9H10O5/c10-5-1-2-6(7(11)3-5)8(12)4-9(13)14/h1-3,8,10-12H,4H2,(H,13,14)/p-1. The molecule has 1 aromatic carbocycles. The third-order valence-electron chi connectivity index (χ3n) is 1.73. The smallest absolute Gasteiger partial charge is 0.125 e. The highest BCUT2D eigenvalue weighted by molar-refractivity contribution is 5.65. The van der Waals surface area contributed by atoms with Gasteiger partial charge in [0.05, 0.1) is 6.10 Å². The summed E-state index contributed by atoms with van der Waals surface area (Å²) in [5, 5.41) is 37.6. The van der Waals surface area contributed by atoms with Crippen LogP contribution in [0.2, 0.25) is 0 Å². The fraction of sp³-hybridized carbons (Fsp3) is 0.222. The zero-order chi connectivity index (χ0) is 10.7. The Balaban J connectivity index is 2.90. The van der Waals surface area contributed by atoms with Gasteiger partial charge in [0.2, 0.25) is 0 Å². The molecule has 1 unspecified atom stereocenters. The van der Waals surface area contributed by atoms with Gasteiger partial charge in [-0.15, -0.1) is 0 Å². The van der Waals surface area contributed by atoms with E-state index in [1.165, 1.54) is 12.1 Å². The van der Waals surface area contributed by atoms with Gasteiger partial charge in [0.15, 0.2) is 0 Å². The second-order valence-electron chi connectivity index (χ2n) is 2.84. The number of rotatable bonds is 3. The number of aromatic hydroxyl groups is 2. The van der Waals surface area contributed by atoms with Crippen molar-refractivity contribution in [1.82, 2.24) is 0 Å². The number of carbonyl (C=O) groups excluding carboxylic acids is 1. The zero-order valence-electron chi connectivity index (χ0n) is 7.17. The predicted octanol–water partition coefficient (Wildman–Crippen LogP) is -0.729. The van der Waals surface area contributed by atoms with E-state index in [1.54, 1.807) is 0 Å². The van der Waals surface area contributed by atoms with Crippen molar-refractivity contribution in [2.75, 3.05) is 0 Å². The highest BCUT2D eigenvalue weighted by atomic mass is 16.4. The van der Waals surface area contributed by atoms with Crippen LogP contribution in [0.25, 0.3) is 0 Å². The van der Waals surface area contributed by atoms with E-state index in [4.69, 9.17) is 5.11 Å². The Hall–Kier alpha value is -1.75. The van der Waals surface area contributed by atoms with E-state index in [1.807, 2.05) is 0 Å². The minimum absolute atomic E-state index is 0.0481. The molecule has 0 aliphatic carbocycles. The maximum atomic E-state index is 10.2. The van der Waals surface area contributed by atoms with E-state index in [0.29, 0.717) is 0 Å². The summed E-state index contributed by atoms with van der Waals surface area (Å²) in [7, 11) is 0. The molecule has 3 N–H and O–H groups in total. The molecule has 0 heterocycles. The summed E-state index contributed by atoms with van der Waals surface area (Å²) in [5.41, 5.74) is 0.0481. The lowest BCUT2D eigenvalue weighted by Crippen LogP contribution is -2.24. The van der Waals surface area contributed by atoms with Crippen molar-refractivity contribution < 1.29 is 25.2 Å². The first-order valence-corrected chi connectivity index (χ1v) is 3.90. The number of aliphatic hydroxyl groups excluding tert-OH is 1. The number of carboxylic acids is 1. The molecule has 5 nitrogen and oxygen atoms in total. The Bertz CT molecular complexity index is 347. The minimum atomic E-state index is -1.41. The summed E-state index contributed by atoms with van der Waals surface area (Å²) in [6, 6.07) is 3.51. The van der Waals surface area contributed by atoms with Gasteiger partial charge in [-0.25, -0.2) is 0 Å². The van der Waals surface area contributed by atoms with Crippen molar-refractivity contribution >= 4 is 5.97 Å². The number of phenolic OH excluding ortho intramolecular Hbond substituents is 2. The van der Waals surface area contributed by atoms with Crippen LogP contribution >= 0.6 is 0 Å².